The highest BCUT2D eigenvalue weighted by molar-refractivity contribution is 7.89. The number of carbonyl (C=O) groups excluding carboxylic acids is 2. The number of urea groups is 1. The summed E-state index contributed by atoms with van der Waals surface area (Å²) < 4.78 is 29.1. The van der Waals surface area contributed by atoms with E-state index in [0.29, 0.717) is 18.8 Å². The molecule has 0 bridgehead atoms. The lowest BCUT2D eigenvalue weighted by atomic mass is 10.2. The van der Waals surface area contributed by atoms with Crippen molar-refractivity contribution in [1.82, 2.24) is 28.7 Å². The van der Waals surface area contributed by atoms with Crippen molar-refractivity contribution in [2.75, 3.05) is 32.1 Å². The Morgan fingerprint density at radius 2 is 1.50 bits per heavy atom. The van der Waals surface area contributed by atoms with Gasteiger partial charge in [-0.05, 0) is 37.6 Å². The van der Waals surface area contributed by atoms with Gasteiger partial charge in [-0.25, -0.2) is 32.7 Å². The number of aromatic nitrogens is 4. The maximum absolute atomic E-state index is 12.1. The maximum atomic E-state index is 12.1. The van der Waals surface area contributed by atoms with Crippen LogP contribution >= 0.6 is 0 Å². The highest BCUT2D eigenvalue weighted by Crippen LogP contribution is 2.23. The van der Waals surface area contributed by atoms with E-state index in [1.807, 2.05) is 6.92 Å². The molecule has 0 aliphatic carbocycles. The normalized spacial score (nSPS) is 10.4. The number of sulfonamides is 1. The first-order valence-corrected chi connectivity index (χ1v) is 13.1. The third kappa shape index (κ3) is 8.61. The summed E-state index contributed by atoms with van der Waals surface area (Å²) in [5.41, 5.74) is 1.42. The molecule has 0 aliphatic rings. The number of anilines is 1. The van der Waals surface area contributed by atoms with E-state index in [1.165, 1.54) is 39.2 Å². The van der Waals surface area contributed by atoms with Crippen LogP contribution in [0.3, 0.4) is 0 Å². The molecule has 0 atom stereocenters. The molecule has 2 amide bonds. The van der Waals surface area contributed by atoms with Gasteiger partial charge in [0, 0.05) is 57.7 Å². The van der Waals surface area contributed by atoms with Crippen molar-refractivity contribution in [3.8, 4) is 0 Å². The van der Waals surface area contributed by atoms with E-state index in [1.54, 1.807) is 69.8 Å². The number of rotatable bonds is 5. The highest BCUT2D eigenvalue weighted by Gasteiger charge is 2.19. The van der Waals surface area contributed by atoms with Gasteiger partial charge < -0.3 is 4.90 Å². The van der Waals surface area contributed by atoms with Gasteiger partial charge in [0.1, 0.15) is 12.7 Å². The van der Waals surface area contributed by atoms with Crippen molar-refractivity contribution in [2.45, 2.75) is 45.9 Å². The van der Waals surface area contributed by atoms with Crippen LogP contribution in [0, 0.1) is 6.92 Å². The summed E-state index contributed by atoms with van der Waals surface area (Å²) in [7, 11) is -0.0841. The molecule has 0 spiro atoms. The van der Waals surface area contributed by atoms with Crippen LogP contribution in [0.2, 0.25) is 0 Å². The minimum Gasteiger partial charge on any atom is -0.328 e. The largest absolute Gasteiger partial charge is 0.338 e. The fourth-order valence-corrected chi connectivity index (χ4v) is 3.94. The fraction of sp³-hybridized carbons (Fsp3) is 0.417. The lowest BCUT2D eigenvalue weighted by molar-refractivity contribution is 0.219. The second-order valence-electron chi connectivity index (χ2n) is 7.73. The topological polar surface area (TPSA) is 122 Å². The monoisotopic (exact) mass is 519 g/mol. The van der Waals surface area contributed by atoms with Crippen LogP contribution in [0.25, 0.3) is 0 Å². The molecule has 0 radical (unpaired) electrons. The zero-order valence-corrected chi connectivity index (χ0v) is 22.9. The summed E-state index contributed by atoms with van der Waals surface area (Å²) in [4.78, 5) is 34.4. The third-order valence-corrected chi connectivity index (χ3v) is 6.26. The number of aryl methyl sites for hydroxylation is 1. The zero-order chi connectivity index (χ0) is 27.3. The van der Waals surface area contributed by atoms with Crippen molar-refractivity contribution >= 4 is 27.8 Å². The number of benzene rings is 1. The number of imidazole rings is 2. The van der Waals surface area contributed by atoms with Gasteiger partial charge in [-0.15, -0.1) is 0 Å². The lowest BCUT2D eigenvalue weighted by Gasteiger charge is -2.25. The molecule has 0 saturated heterocycles. The van der Waals surface area contributed by atoms with Crippen molar-refractivity contribution < 1.29 is 18.0 Å². The molecule has 0 fully saturated rings. The second-order valence-corrected chi connectivity index (χ2v) is 9.50. The molecule has 3 aromatic rings. The quantitative estimate of drug-likeness (QED) is 0.547. The number of nitrogens with one attached hydrogen (secondary N) is 1. The number of nitrogens with zero attached hydrogens (tertiary/aromatic N) is 6. The average molecular weight is 520 g/mol. The molecule has 0 saturated carbocycles. The molecule has 12 heteroatoms. The Bertz CT molecular complexity index is 1140. The summed E-state index contributed by atoms with van der Waals surface area (Å²) in [6, 6.07) is 4.41. The third-order valence-electron chi connectivity index (χ3n) is 4.71. The molecule has 1 N–H and O–H groups in total. The van der Waals surface area contributed by atoms with Crippen LogP contribution < -0.4 is 9.62 Å². The summed E-state index contributed by atoms with van der Waals surface area (Å²) >= 11 is 0. The smallest absolute Gasteiger partial charge is 0.328 e. The van der Waals surface area contributed by atoms with Gasteiger partial charge >= 0.3 is 12.1 Å². The standard InChI is InChI=1S/C14H23N3O3S.C7H6N4O.C3H8/c1-6-15-21(19,20)12-8-9-13(11(3)10-12)17(5)14(18)16(4)7-2;12-7(10-3-1-8-5-10)11-4-2-9-6-11;1-3-2/h8-10,15H,6-7H2,1-5H3;1-6H;3H2,1-2H3. The van der Waals surface area contributed by atoms with Gasteiger partial charge in [-0.2, -0.15) is 0 Å². The van der Waals surface area contributed by atoms with Gasteiger partial charge in [0.05, 0.1) is 4.90 Å². The number of carbonyl (C=O) groups is 2. The predicted octanol–water partition coefficient (Wildman–Crippen LogP) is 3.81. The Kier molecular flexibility index (Phi) is 12.5. The summed E-state index contributed by atoms with van der Waals surface area (Å²) in [6.45, 7) is 10.6. The van der Waals surface area contributed by atoms with Crippen LogP contribution in [-0.2, 0) is 10.0 Å². The number of hydrogen-bond donors (Lipinski definition) is 1. The second kappa shape index (κ2) is 14.8. The lowest BCUT2D eigenvalue weighted by Crippen LogP contribution is -2.39. The van der Waals surface area contributed by atoms with Crippen molar-refractivity contribution in [3.05, 3.63) is 61.2 Å². The van der Waals surface area contributed by atoms with Crippen molar-refractivity contribution in [2.24, 2.45) is 0 Å². The molecule has 2 heterocycles. The van der Waals surface area contributed by atoms with E-state index in [2.05, 4.69) is 28.5 Å². The first-order chi connectivity index (χ1) is 17.0. The Labute approximate surface area is 213 Å². The van der Waals surface area contributed by atoms with Crippen LogP contribution in [-0.4, -0.2) is 71.7 Å². The maximum Gasteiger partial charge on any atom is 0.338 e. The predicted molar refractivity (Wildman–Crippen MR) is 141 cm³/mol. The molecular weight excluding hydrogens is 482 g/mol. The Morgan fingerprint density at radius 3 is 1.89 bits per heavy atom. The van der Waals surface area contributed by atoms with E-state index in [-0.39, 0.29) is 17.0 Å². The summed E-state index contributed by atoms with van der Waals surface area (Å²) in [5.74, 6) is 0. The molecule has 0 unspecified atom stereocenters. The fourth-order valence-electron chi connectivity index (χ4n) is 2.82. The molecule has 2 aromatic heterocycles. The zero-order valence-electron chi connectivity index (χ0n) is 22.0. The minimum absolute atomic E-state index is 0.136. The molecule has 11 nitrogen and oxygen atoms in total. The van der Waals surface area contributed by atoms with E-state index in [0.717, 1.165) is 5.56 Å². The van der Waals surface area contributed by atoms with E-state index >= 15 is 0 Å². The summed E-state index contributed by atoms with van der Waals surface area (Å²) in [6.07, 6.45) is 10.4. The first-order valence-electron chi connectivity index (χ1n) is 11.6. The first kappa shape index (κ1) is 30.5. The van der Waals surface area contributed by atoms with Crippen molar-refractivity contribution in [3.63, 3.8) is 0 Å². The summed E-state index contributed by atoms with van der Waals surface area (Å²) in [5, 5.41) is 0. The highest BCUT2D eigenvalue weighted by atomic mass is 32.2. The number of hydrogen-bond acceptors (Lipinski definition) is 6. The van der Waals surface area contributed by atoms with Gasteiger partial charge in [-0.3, -0.25) is 14.0 Å². The molecule has 1 aromatic carbocycles. The van der Waals surface area contributed by atoms with Gasteiger partial charge in [0.2, 0.25) is 10.0 Å². The Hall–Kier alpha value is -3.51. The van der Waals surface area contributed by atoms with Gasteiger partial charge in [0.15, 0.2) is 0 Å². The molecular formula is C24H37N7O4S. The molecule has 0 aliphatic heterocycles. The Balaban J connectivity index is 0.000000360. The van der Waals surface area contributed by atoms with Crippen LogP contribution in [0.1, 0.15) is 39.7 Å². The van der Waals surface area contributed by atoms with Crippen LogP contribution in [0.15, 0.2) is 60.5 Å². The molecule has 198 valence electrons. The Morgan fingerprint density at radius 1 is 0.972 bits per heavy atom. The van der Waals surface area contributed by atoms with Crippen LogP contribution in [0.4, 0.5) is 15.3 Å². The van der Waals surface area contributed by atoms with Crippen molar-refractivity contribution in [1.29, 1.82) is 0 Å². The number of amides is 2. The minimum atomic E-state index is -3.48. The van der Waals surface area contributed by atoms with E-state index < -0.39 is 10.0 Å². The van der Waals surface area contributed by atoms with Crippen LogP contribution in [0.5, 0.6) is 0 Å². The van der Waals surface area contributed by atoms with Gasteiger partial charge in [0.25, 0.3) is 0 Å². The SMILES string of the molecule is CCC.CCNS(=O)(=O)c1ccc(N(C)C(=O)N(C)CC)c(C)c1.O=C(n1ccnc1)n1ccnc1. The molecule has 36 heavy (non-hydrogen) atoms. The van der Waals surface area contributed by atoms with Gasteiger partial charge in [-0.1, -0.05) is 27.2 Å². The molecule has 3 rings (SSSR count). The van der Waals surface area contributed by atoms with E-state index in [4.69, 9.17) is 0 Å². The average Bonchev–Trinajstić information content (AvgIpc) is 3.58. The van der Waals surface area contributed by atoms with E-state index in [9.17, 15) is 18.0 Å².